The number of unbranched alkanes of at least 4 members (excludes halogenated alkanes) is 10. The number of rotatable bonds is 15. The molecule has 0 amide bonds. The monoisotopic (exact) mass is 381 g/mol. The van der Waals surface area contributed by atoms with Gasteiger partial charge in [0.15, 0.2) is 0 Å². The largest absolute Gasteiger partial charge is 0.238 e. The van der Waals surface area contributed by atoms with Crippen LogP contribution in [0.2, 0.25) is 0 Å². The van der Waals surface area contributed by atoms with Crippen molar-refractivity contribution in [1.82, 2.24) is 0 Å². The molecule has 2 N–H and O–H groups in total. The first-order valence-corrected chi connectivity index (χ1v) is 12.2. The van der Waals surface area contributed by atoms with Crippen molar-refractivity contribution in [2.24, 2.45) is 5.14 Å². The maximum absolute atomic E-state index is 12.0. The zero-order chi connectivity index (χ0) is 19.3. The summed E-state index contributed by atoms with van der Waals surface area (Å²) in [5, 5.41) is 5.48. The van der Waals surface area contributed by atoms with Crippen LogP contribution in [0.3, 0.4) is 0 Å². The van der Waals surface area contributed by atoms with Gasteiger partial charge in [-0.05, 0) is 42.9 Å². The summed E-state index contributed by atoms with van der Waals surface area (Å²) < 4.78 is 24.0. The minimum atomic E-state index is -3.65. The summed E-state index contributed by atoms with van der Waals surface area (Å²) in [6, 6.07) is 5.61. The van der Waals surface area contributed by atoms with Crippen molar-refractivity contribution >= 4 is 10.0 Å². The summed E-state index contributed by atoms with van der Waals surface area (Å²) in [6.07, 6.45) is 16.5. The Balaban J connectivity index is 2.66. The number of sulfonamides is 1. The molecule has 0 aromatic heterocycles. The van der Waals surface area contributed by atoms with E-state index in [1.807, 2.05) is 6.07 Å². The summed E-state index contributed by atoms with van der Waals surface area (Å²) in [4.78, 5) is 0.342. The van der Waals surface area contributed by atoms with Gasteiger partial charge in [0.25, 0.3) is 0 Å². The molecule has 26 heavy (non-hydrogen) atoms. The zero-order valence-corrected chi connectivity index (χ0v) is 17.8. The van der Waals surface area contributed by atoms with Crippen molar-refractivity contribution in [2.45, 2.75) is 109 Å². The van der Waals surface area contributed by atoms with Gasteiger partial charge in [-0.15, -0.1) is 0 Å². The molecule has 0 aliphatic carbocycles. The minimum absolute atomic E-state index is 0.342. The van der Waals surface area contributed by atoms with E-state index in [9.17, 15) is 8.42 Å². The van der Waals surface area contributed by atoms with Crippen molar-refractivity contribution in [3.05, 3.63) is 29.3 Å². The van der Waals surface area contributed by atoms with E-state index in [4.69, 9.17) is 5.14 Å². The molecule has 150 valence electrons. The van der Waals surface area contributed by atoms with E-state index in [1.54, 1.807) is 6.07 Å². The third kappa shape index (κ3) is 9.18. The Morgan fingerprint density at radius 2 is 1.23 bits per heavy atom. The van der Waals surface area contributed by atoms with Crippen LogP contribution in [-0.2, 0) is 22.9 Å². The Labute approximate surface area is 161 Å². The van der Waals surface area contributed by atoms with E-state index in [2.05, 4.69) is 19.9 Å². The molecule has 0 fully saturated rings. The number of hydrogen-bond acceptors (Lipinski definition) is 2. The molecule has 4 heteroatoms. The lowest BCUT2D eigenvalue weighted by atomic mass is 9.96. The van der Waals surface area contributed by atoms with Gasteiger partial charge in [0.05, 0.1) is 4.90 Å². The minimum Gasteiger partial charge on any atom is -0.225 e. The molecule has 0 saturated carbocycles. The second-order valence-electron chi connectivity index (χ2n) is 7.47. The highest BCUT2D eigenvalue weighted by Crippen LogP contribution is 2.24. The van der Waals surface area contributed by atoms with Gasteiger partial charge in [0, 0.05) is 0 Å². The zero-order valence-electron chi connectivity index (χ0n) is 16.9. The molecule has 0 spiro atoms. The topological polar surface area (TPSA) is 60.2 Å². The Kier molecular flexibility index (Phi) is 11.9. The lowest BCUT2D eigenvalue weighted by Gasteiger charge is -2.14. The van der Waals surface area contributed by atoms with Crippen LogP contribution in [0.5, 0.6) is 0 Å². The van der Waals surface area contributed by atoms with Gasteiger partial charge in [0.2, 0.25) is 10.0 Å². The van der Waals surface area contributed by atoms with Crippen molar-refractivity contribution in [3.8, 4) is 0 Å². The predicted octanol–water partition coefficient (Wildman–Crippen LogP) is 6.14. The van der Waals surface area contributed by atoms with E-state index in [1.165, 1.54) is 63.4 Å². The normalized spacial score (nSPS) is 11.8. The van der Waals surface area contributed by atoms with Crippen LogP contribution in [0.25, 0.3) is 0 Å². The van der Waals surface area contributed by atoms with Crippen LogP contribution >= 0.6 is 0 Å². The number of benzene rings is 1. The lowest BCUT2D eigenvalue weighted by Crippen LogP contribution is -2.16. The molecule has 0 saturated heterocycles. The van der Waals surface area contributed by atoms with E-state index < -0.39 is 10.0 Å². The number of hydrogen-bond donors (Lipinski definition) is 1. The third-order valence-electron chi connectivity index (χ3n) is 5.12. The first-order chi connectivity index (χ1) is 12.5. The highest BCUT2D eigenvalue weighted by atomic mass is 32.2. The SMILES string of the molecule is CCCCCCCCc1cccc(S(N)(=O)=O)c1CCCCCCCC. The van der Waals surface area contributed by atoms with Gasteiger partial charge in [0.1, 0.15) is 0 Å². The van der Waals surface area contributed by atoms with Crippen LogP contribution in [0.15, 0.2) is 23.1 Å². The van der Waals surface area contributed by atoms with E-state index in [0.29, 0.717) is 4.90 Å². The summed E-state index contributed by atoms with van der Waals surface area (Å²) in [5.74, 6) is 0. The summed E-state index contributed by atoms with van der Waals surface area (Å²) >= 11 is 0. The summed E-state index contributed by atoms with van der Waals surface area (Å²) in [7, 11) is -3.65. The van der Waals surface area contributed by atoms with Crippen molar-refractivity contribution in [2.75, 3.05) is 0 Å². The van der Waals surface area contributed by atoms with Gasteiger partial charge in [-0.2, -0.15) is 0 Å². The third-order valence-corrected chi connectivity index (χ3v) is 6.11. The summed E-state index contributed by atoms with van der Waals surface area (Å²) in [5.41, 5.74) is 2.15. The van der Waals surface area contributed by atoms with Crippen molar-refractivity contribution < 1.29 is 8.42 Å². The second-order valence-corrected chi connectivity index (χ2v) is 9.00. The van der Waals surface area contributed by atoms with E-state index >= 15 is 0 Å². The van der Waals surface area contributed by atoms with Crippen LogP contribution in [-0.4, -0.2) is 8.42 Å². The van der Waals surface area contributed by atoms with Gasteiger partial charge < -0.3 is 0 Å². The molecule has 0 aliphatic rings. The van der Waals surface area contributed by atoms with Crippen molar-refractivity contribution in [3.63, 3.8) is 0 Å². The fourth-order valence-corrected chi connectivity index (χ4v) is 4.42. The quantitative estimate of drug-likeness (QED) is 0.371. The maximum atomic E-state index is 12.0. The molecule has 3 nitrogen and oxygen atoms in total. The predicted molar refractivity (Wildman–Crippen MR) is 112 cm³/mol. The molecule has 0 atom stereocenters. The maximum Gasteiger partial charge on any atom is 0.238 e. The van der Waals surface area contributed by atoms with E-state index in [0.717, 1.165) is 37.7 Å². The first kappa shape index (κ1) is 23.2. The fraction of sp³-hybridized carbons (Fsp3) is 0.727. The number of primary sulfonamides is 1. The van der Waals surface area contributed by atoms with Crippen LogP contribution in [0.4, 0.5) is 0 Å². The lowest BCUT2D eigenvalue weighted by molar-refractivity contribution is 0.587. The summed E-state index contributed by atoms with van der Waals surface area (Å²) in [6.45, 7) is 4.45. The molecular formula is C22H39NO2S. The molecule has 0 radical (unpaired) electrons. The standard InChI is InChI=1S/C22H39NO2S/c1-3-5-7-9-11-13-16-20-17-15-19-22(26(23,24)25)21(20)18-14-12-10-8-6-4-2/h15,17,19H,3-14,16,18H2,1-2H3,(H2,23,24,25). The van der Waals surface area contributed by atoms with Crippen LogP contribution in [0.1, 0.15) is 102 Å². The molecule has 1 aromatic carbocycles. The first-order valence-electron chi connectivity index (χ1n) is 10.6. The molecule has 0 bridgehead atoms. The number of nitrogens with two attached hydrogens (primary N) is 1. The molecule has 1 rings (SSSR count). The Morgan fingerprint density at radius 3 is 1.77 bits per heavy atom. The Bertz CT molecular complexity index is 596. The van der Waals surface area contributed by atoms with Crippen LogP contribution < -0.4 is 5.14 Å². The Hall–Kier alpha value is -0.870. The number of aryl methyl sites for hydroxylation is 1. The van der Waals surface area contributed by atoms with Gasteiger partial charge in [-0.1, -0.05) is 90.2 Å². The second kappa shape index (κ2) is 13.3. The molecule has 0 unspecified atom stereocenters. The smallest absolute Gasteiger partial charge is 0.225 e. The van der Waals surface area contributed by atoms with Crippen LogP contribution in [0, 0.1) is 0 Å². The highest BCUT2D eigenvalue weighted by molar-refractivity contribution is 7.89. The van der Waals surface area contributed by atoms with Gasteiger partial charge in [-0.25, -0.2) is 13.6 Å². The van der Waals surface area contributed by atoms with E-state index in [-0.39, 0.29) is 0 Å². The highest BCUT2D eigenvalue weighted by Gasteiger charge is 2.16. The molecule has 0 heterocycles. The molecule has 0 aliphatic heterocycles. The fourth-order valence-electron chi connectivity index (χ4n) is 3.57. The van der Waals surface area contributed by atoms with Gasteiger partial charge in [-0.3, -0.25) is 0 Å². The molecular weight excluding hydrogens is 342 g/mol. The molecule has 1 aromatic rings. The average Bonchev–Trinajstić information content (AvgIpc) is 2.60. The Morgan fingerprint density at radius 1 is 0.731 bits per heavy atom. The van der Waals surface area contributed by atoms with Gasteiger partial charge >= 0.3 is 0 Å². The average molecular weight is 382 g/mol. The van der Waals surface area contributed by atoms with Crippen molar-refractivity contribution in [1.29, 1.82) is 0 Å².